The van der Waals surface area contributed by atoms with Gasteiger partial charge in [-0.3, -0.25) is 0 Å². The fourth-order valence-electron chi connectivity index (χ4n) is 3.66. The van der Waals surface area contributed by atoms with E-state index >= 15 is 0 Å². The minimum atomic E-state index is -4.50. The maximum atomic E-state index is 13.7. The lowest BCUT2D eigenvalue weighted by Gasteiger charge is -2.41. The monoisotopic (exact) mass is 451 g/mol. The molecule has 0 atom stereocenters. The van der Waals surface area contributed by atoms with Crippen molar-refractivity contribution >= 4 is 0 Å². The van der Waals surface area contributed by atoms with Gasteiger partial charge in [0.25, 0.3) is 0 Å². The maximum Gasteiger partial charge on any atom is 0.419 e. The molecule has 1 fully saturated rings. The van der Waals surface area contributed by atoms with Gasteiger partial charge in [-0.05, 0) is 69.7 Å². The van der Waals surface area contributed by atoms with E-state index in [1.165, 1.54) is 6.07 Å². The molecule has 1 aliphatic heterocycles. The lowest BCUT2D eigenvalue weighted by molar-refractivity contribution is -0.267. The molecule has 0 saturated carbocycles. The van der Waals surface area contributed by atoms with Crippen LogP contribution in [0, 0.1) is 6.92 Å². The van der Waals surface area contributed by atoms with Crippen LogP contribution < -0.4 is 10.5 Å². The molecule has 2 aromatic rings. The van der Waals surface area contributed by atoms with E-state index in [1.54, 1.807) is 6.07 Å². The fraction of sp³-hybridized carbons (Fsp3) is 0.520. The van der Waals surface area contributed by atoms with Crippen molar-refractivity contribution < 1.29 is 27.4 Å². The third-order valence-electron chi connectivity index (χ3n) is 5.63. The molecular weight excluding hydrogens is 419 g/mol. The third-order valence-corrected chi connectivity index (χ3v) is 5.63. The van der Waals surface area contributed by atoms with Gasteiger partial charge in [-0.2, -0.15) is 13.2 Å². The van der Waals surface area contributed by atoms with Gasteiger partial charge in [0.15, 0.2) is 5.79 Å². The molecule has 0 aliphatic carbocycles. The number of rotatable bonds is 8. The second-order valence-electron chi connectivity index (χ2n) is 9.11. The van der Waals surface area contributed by atoms with E-state index in [-0.39, 0.29) is 12.4 Å². The van der Waals surface area contributed by atoms with Crippen LogP contribution in [0.25, 0.3) is 0 Å². The molecule has 1 aliphatic rings. The van der Waals surface area contributed by atoms with Crippen LogP contribution in [0.2, 0.25) is 0 Å². The Kier molecular flexibility index (Phi) is 7.53. The van der Waals surface area contributed by atoms with Crippen LogP contribution in [-0.4, -0.2) is 31.1 Å². The van der Waals surface area contributed by atoms with E-state index in [1.807, 2.05) is 39.0 Å². The fourth-order valence-corrected chi connectivity index (χ4v) is 3.66. The molecule has 1 heterocycles. The van der Waals surface area contributed by atoms with Gasteiger partial charge < -0.3 is 19.9 Å². The van der Waals surface area contributed by atoms with E-state index in [9.17, 15) is 13.2 Å². The van der Waals surface area contributed by atoms with Gasteiger partial charge in [0, 0.05) is 0 Å². The SMILES string of the molecule is Cc1cccc(CCCOc2ccc(CCC3(N)COC(C)(C)OC3)cc2C(F)(F)F)c1. The molecule has 4 nitrogen and oxygen atoms in total. The van der Waals surface area contributed by atoms with Crippen LogP contribution in [0.5, 0.6) is 5.75 Å². The Morgan fingerprint density at radius 2 is 1.69 bits per heavy atom. The topological polar surface area (TPSA) is 53.7 Å². The van der Waals surface area contributed by atoms with Crippen molar-refractivity contribution in [3.63, 3.8) is 0 Å². The van der Waals surface area contributed by atoms with Crippen LogP contribution in [0.3, 0.4) is 0 Å². The minimum Gasteiger partial charge on any atom is -0.493 e. The predicted octanol–water partition coefficient (Wildman–Crippen LogP) is 5.44. The normalized spacial score (nSPS) is 17.8. The third kappa shape index (κ3) is 6.95. The Bertz CT molecular complexity index is 902. The average Bonchev–Trinajstić information content (AvgIpc) is 2.72. The summed E-state index contributed by atoms with van der Waals surface area (Å²) in [5.41, 5.74) is 7.71. The molecule has 2 N–H and O–H groups in total. The number of benzene rings is 2. The molecule has 1 saturated heterocycles. The number of ether oxygens (including phenoxy) is 3. The molecule has 32 heavy (non-hydrogen) atoms. The van der Waals surface area contributed by atoms with Crippen molar-refractivity contribution in [3.05, 3.63) is 64.7 Å². The lowest BCUT2D eigenvalue weighted by atomic mass is 9.92. The van der Waals surface area contributed by atoms with Gasteiger partial charge in [0.1, 0.15) is 5.75 Å². The van der Waals surface area contributed by atoms with Gasteiger partial charge in [-0.25, -0.2) is 0 Å². The average molecular weight is 452 g/mol. The molecule has 0 bridgehead atoms. The van der Waals surface area contributed by atoms with E-state index in [4.69, 9.17) is 19.9 Å². The van der Waals surface area contributed by atoms with Crippen molar-refractivity contribution in [3.8, 4) is 5.75 Å². The number of alkyl halides is 3. The van der Waals surface area contributed by atoms with E-state index in [2.05, 4.69) is 6.07 Å². The standard InChI is InChI=1S/C25H32F3NO3/c1-18-6-4-7-19(14-18)8-5-13-30-22-10-9-20(15-21(22)25(26,27)28)11-12-24(29)16-31-23(2,3)32-17-24/h4,6-7,9-10,14-15H,5,8,11-13,16-17,29H2,1-3H3. The van der Waals surface area contributed by atoms with Crippen molar-refractivity contribution in [2.24, 2.45) is 5.73 Å². The highest BCUT2D eigenvalue weighted by molar-refractivity contribution is 5.39. The van der Waals surface area contributed by atoms with Crippen molar-refractivity contribution in [2.45, 2.75) is 64.0 Å². The molecule has 7 heteroatoms. The first-order valence-electron chi connectivity index (χ1n) is 10.9. The first-order valence-corrected chi connectivity index (χ1v) is 10.9. The summed E-state index contributed by atoms with van der Waals surface area (Å²) >= 11 is 0. The first kappa shape index (κ1) is 24.6. The quantitative estimate of drug-likeness (QED) is 0.543. The van der Waals surface area contributed by atoms with Crippen molar-refractivity contribution in [1.29, 1.82) is 0 Å². The summed E-state index contributed by atoms with van der Waals surface area (Å²) in [5.74, 6) is -0.830. The highest BCUT2D eigenvalue weighted by Gasteiger charge is 2.38. The van der Waals surface area contributed by atoms with Gasteiger partial charge in [-0.1, -0.05) is 35.9 Å². The Morgan fingerprint density at radius 3 is 2.34 bits per heavy atom. The second-order valence-corrected chi connectivity index (χ2v) is 9.11. The predicted molar refractivity (Wildman–Crippen MR) is 118 cm³/mol. The zero-order chi connectivity index (χ0) is 23.4. The first-order chi connectivity index (χ1) is 15.0. The molecule has 176 valence electrons. The van der Waals surface area contributed by atoms with Gasteiger partial charge in [0.2, 0.25) is 0 Å². The summed E-state index contributed by atoms with van der Waals surface area (Å²) in [7, 11) is 0. The van der Waals surface area contributed by atoms with Crippen LogP contribution in [0.15, 0.2) is 42.5 Å². The highest BCUT2D eigenvalue weighted by Crippen LogP contribution is 2.37. The Morgan fingerprint density at radius 1 is 1.00 bits per heavy atom. The smallest absolute Gasteiger partial charge is 0.419 e. The second kappa shape index (κ2) is 9.81. The number of aryl methyl sites for hydroxylation is 3. The number of hydrogen-bond donors (Lipinski definition) is 1. The van der Waals surface area contributed by atoms with Gasteiger partial charge in [0.05, 0.1) is 30.9 Å². The Balaban J connectivity index is 1.59. The van der Waals surface area contributed by atoms with E-state index < -0.39 is 23.1 Å². The van der Waals surface area contributed by atoms with E-state index in [0.717, 1.165) is 23.6 Å². The van der Waals surface area contributed by atoms with Crippen LogP contribution in [0.4, 0.5) is 13.2 Å². The summed E-state index contributed by atoms with van der Waals surface area (Å²) in [6.45, 7) is 6.44. The number of nitrogens with two attached hydrogens (primary N) is 1. The van der Waals surface area contributed by atoms with Crippen molar-refractivity contribution in [1.82, 2.24) is 0 Å². The molecule has 2 aromatic carbocycles. The molecule has 0 aromatic heterocycles. The lowest BCUT2D eigenvalue weighted by Crippen LogP contribution is -2.57. The van der Waals surface area contributed by atoms with Crippen LogP contribution >= 0.6 is 0 Å². The Hall–Kier alpha value is -2.09. The van der Waals surface area contributed by atoms with Crippen molar-refractivity contribution in [2.75, 3.05) is 19.8 Å². The summed E-state index contributed by atoms with van der Waals surface area (Å²) in [4.78, 5) is 0. The summed E-state index contributed by atoms with van der Waals surface area (Å²) in [6, 6.07) is 12.3. The molecule has 0 unspecified atom stereocenters. The molecule has 0 amide bonds. The zero-order valence-corrected chi connectivity index (χ0v) is 18.9. The molecule has 0 radical (unpaired) electrons. The number of halogens is 3. The summed E-state index contributed by atoms with van der Waals surface area (Å²) in [5, 5.41) is 0. The summed E-state index contributed by atoms with van der Waals surface area (Å²) < 4.78 is 57.7. The summed E-state index contributed by atoms with van der Waals surface area (Å²) in [6.07, 6.45) is -2.27. The van der Waals surface area contributed by atoms with Gasteiger partial charge in [-0.15, -0.1) is 0 Å². The molecule has 3 rings (SSSR count). The Labute approximate surface area is 187 Å². The minimum absolute atomic E-state index is 0.140. The van der Waals surface area contributed by atoms with E-state index in [0.29, 0.717) is 38.0 Å². The van der Waals surface area contributed by atoms with Crippen LogP contribution in [0.1, 0.15) is 48.9 Å². The largest absolute Gasteiger partial charge is 0.493 e. The zero-order valence-electron chi connectivity index (χ0n) is 18.9. The maximum absolute atomic E-state index is 13.7. The highest BCUT2D eigenvalue weighted by atomic mass is 19.4. The number of hydrogen-bond acceptors (Lipinski definition) is 4. The molecule has 0 spiro atoms. The molecular formula is C25H32F3NO3. The van der Waals surface area contributed by atoms with Crippen LogP contribution in [-0.2, 0) is 28.5 Å². The van der Waals surface area contributed by atoms with Gasteiger partial charge >= 0.3 is 6.18 Å².